The monoisotopic (exact) mass is 342 g/mol. The van der Waals surface area contributed by atoms with E-state index < -0.39 is 18.2 Å². The summed E-state index contributed by atoms with van der Waals surface area (Å²) in [5.41, 5.74) is 0. The van der Waals surface area contributed by atoms with Crippen LogP contribution in [0.25, 0.3) is 0 Å². The van der Waals surface area contributed by atoms with Crippen LogP contribution in [0.4, 0.5) is 0 Å². The van der Waals surface area contributed by atoms with Gasteiger partial charge in [0.1, 0.15) is 0 Å². The summed E-state index contributed by atoms with van der Waals surface area (Å²) in [6.07, 6.45) is -0.0700. The largest absolute Gasteiger partial charge is 0.414 e. The van der Waals surface area contributed by atoms with E-state index in [0.717, 1.165) is 0 Å². The van der Waals surface area contributed by atoms with E-state index in [2.05, 4.69) is 33.9 Å². The standard InChI is InChI=1S/C17H30O3SSi/c1-14(15(2)20-22(6,7)17(3,4)5)13-21(18,19)16-11-9-8-10-12-16/h8-12,14-15H,13H2,1-7H3/t14-,15+/m1/s1. The second kappa shape index (κ2) is 6.85. The molecule has 0 aliphatic rings. The van der Waals surface area contributed by atoms with Gasteiger partial charge in [0, 0.05) is 6.10 Å². The predicted molar refractivity (Wildman–Crippen MR) is 95.4 cm³/mol. The zero-order chi connectivity index (χ0) is 17.2. The highest BCUT2D eigenvalue weighted by Gasteiger charge is 2.39. The molecule has 0 N–H and O–H groups in total. The van der Waals surface area contributed by atoms with Crippen molar-refractivity contribution in [3.8, 4) is 0 Å². The van der Waals surface area contributed by atoms with Gasteiger partial charge in [0.05, 0.1) is 10.6 Å². The molecule has 3 nitrogen and oxygen atoms in total. The van der Waals surface area contributed by atoms with Crippen molar-refractivity contribution in [2.24, 2.45) is 5.92 Å². The first-order chi connectivity index (χ1) is 9.87. The number of sulfone groups is 1. The number of benzene rings is 1. The Balaban J connectivity index is 2.79. The molecule has 0 aromatic heterocycles. The summed E-state index contributed by atoms with van der Waals surface area (Å²) in [4.78, 5) is 0.390. The molecule has 22 heavy (non-hydrogen) atoms. The van der Waals surface area contributed by atoms with Crippen molar-refractivity contribution in [1.82, 2.24) is 0 Å². The molecule has 2 atom stereocenters. The lowest BCUT2D eigenvalue weighted by atomic mass is 10.1. The van der Waals surface area contributed by atoms with E-state index in [4.69, 9.17) is 4.43 Å². The van der Waals surface area contributed by atoms with Crippen LogP contribution >= 0.6 is 0 Å². The average molecular weight is 343 g/mol. The quantitative estimate of drug-likeness (QED) is 0.715. The van der Waals surface area contributed by atoms with E-state index in [1.54, 1.807) is 24.3 Å². The molecule has 0 aliphatic heterocycles. The maximum absolute atomic E-state index is 12.5. The molecule has 0 saturated carbocycles. The smallest absolute Gasteiger partial charge is 0.192 e. The Kier molecular flexibility index (Phi) is 6.04. The van der Waals surface area contributed by atoms with Crippen molar-refractivity contribution in [2.75, 3.05) is 5.75 Å². The first-order valence-electron chi connectivity index (χ1n) is 7.82. The average Bonchev–Trinajstić information content (AvgIpc) is 2.37. The van der Waals surface area contributed by atoms with Gasteiger partial charge in [-0.05, 0) is 43.1 Å². The minimum absolute atomic E-state index is 0.0423. The van der Waals surface area contributed by atoms with Crippen molar-refractivity contribution in [3.05, 3.63) is 30.3 Å². The Morgan fingerprint density at radius 1 is 1.09 bits per heavy atom. The maximum Gasteiger partial charge on any atom is 0.192 e. The predicted octanol–water partition coefficient (Wildman–Crippen LogP) is 4.51. The minimum Gasteiger partial charge on any atom is -0.414 e. The van der Waals surface area contributed by atoms with E-state index in [9.17, 15) is 8.42 Å². The van der Waals surface area contributed by atoms with Gasteiger partial charge >= 0.3 is 0 Å². The van der Waals surface area contributed by atoms with Gasteiger partial charge in [-0.25, -0.2) is 8.42 Å². The summed E-state index contributed by atoms with van der Waals surface area (Å²) in [5.74, 6) is 0.0756. The highest BCUT2D eigenvalue weighted by molar-refractivity contribution is 7.91. The van der Waals surface area contributed by atoms with Crippen LogP contribution in [-0.4, -0.2) is 28.6 Å². The van der Waals surface area contributed by atoms with Crippen LogP contribution in [0.1, 0.15) is 34.6 Å². The summed E-state index contributed by atoms with van der Waals surface area (Å²) in [6, 6.07) is 8.65. The zero-order valence-electron chi connectivity index (χ0n) is 14.9. The molecule has 0 aliphatic carbocycles. The molecule has 0 saturated heterocycles. The van der Waals surface area contributed by atoms with Crippen LogP contribution in [0.15, 0.2) is 35.2 Å². The van der Waals surface area contributed by atoms with Crippen LogP contribution in [0.3, 0.4) is 0 Å². The topological polar surface area (TPSA) is 43.4 Å². The number of hydrogen-bond acceptors (Lipinski definition) is 3. The highest BCUT2D eigenvalue weighted by atomic mass is 32.2. The Hall–Kier alpha value is -0.653. The van der Waals surface area contributed by atoms with Gasteiger partial charge in [0.25, 0.3) is 0 Å². The Labute approximate surface area is 137 Å². The molecule has 5 heteroatoms. The van der Waals surface area contributed by atoms with Gasteiger partial charge in [-0.2, -0.15) is 0 Å². The van der Waals surface area contributed by atoms with Crippen LogP contribution in [0, 0.1) is 5.92 Å². The molecule has 126 valence electrons. The van der Waals surface area contributed by atoms with Gasteiger partial charge in [-0.3, -0.25) is 0 Å². The third-order valence-corrected chi connectivity index (χ3v) is 11.2. The van der Waals surface area contributed by atoms with Gasteiger partial charge in [0.15, 0.2) is 18.2 Å². The van der Waals surface area contributed by atoms with Crippen molar-refractivity contribution in [1.29, 1.82) is 0 Å². The molecule has 0 amide bonds. The summed E-state index contributed by atoms with van der Waals surface area (Å²) in [7, 11) is -5.14. The van der Waals surface area contributed by atoms with Gasteiger partial charge in [-0.1, -0.05) is 45.9 Å². The first-order valence-corrected chi connectivity index (χ1v) is 12.4. The Bertz CT molecular complexity index is 574. The summed E-state index contributed by atoms with van der Waals surface area (Å²) in [6.45, 7) is 14.9. The molecular formula is C17H30O3SSi. The molecule has 0 radical (unpaired) electrons. The lowest BCUT2D eigenvalue weighted by Crippen LogP contribution is -2.45. The SMILES string of the molecule is C[C@H](CS(=O)(=O)c1ccccc1)[C@H](C)O[Si](C)(C)C(C)(C)C. The van der Waals surface area contributed by atoms with Crippen molar-refractivity contribution >= 4 is 18.2 Å². The summed E-state index contributed by atoms with van der Waals surface area (Å²) in [5, 5.41) is 0.124. The van der Waals surface area contributed by atoms with Crippen molar-refractivity contribution < 1.29 is 12.8 Å². The minimum atomic E-state index is -3.26. The van der Waals surface area contributed by atoms with E-state index >= 15 is 0 Å². The maximum atomic E-state index is 12.5. The molecule has 1 aromatic rings. The third-order valence-electron chi connectivity index (χ3n) is 4.67. The van der Waals surface area contributed by atoms with Crippen LogP contribution in [0.2, 0.25) is 18.1 Å². The fourth-order valence-electron chi connectivity index (χ4n) is 1.96. The lowest BCUT2D eigenvalue weighted by Gasteiger charge is -2.39. The lowest BCUT2D eigenvalue weighted by molar-refractivity contribution is 0.153. The van der Waals surface area contributed by atoms with E-state index in [1.807, 2.05) is 19.9 Å². The van der Waals surface area contributed by atoms with Crippen molar-refractivity contribution in [2.45, 2.75) is 63.8 Å². The molecule has 0 bridgehead atoms. The fraction of sp³-hybridized carbons (Fsp3) is 0.647. The first kappa shape index (κ1) is 19.4. The molecule has 1 aromatic carbocycles. The second-order valence-electron chi connectivity index (χ2n) is 7.66. The normalized spacial score (nSPS) is 16.3. The number of hydrogen-bond donors (Lipinski definition) is 0. The molecule has 0 spiro atoms. The zero-order valence-corrected chi connectivity index (χ0v) is 16.7. The molecule has 0 heterocycles. The number of rotatable bonds is 6. The van der Waals surface area contributed by atoms with E-state index in [0.29, 0.717) is 4.90 Å². The molecular weight excluding hydrogens is 312 g/mol. The summed E-state index contributed by atoms with van der Waals surface area (Å²) >= 11 is 0. The van der Waals surface area contributed by atoms with Crippen molar-refractivity contribution in [3.63, 3.8) is 0 Å². The third kappa shape index (κ3) is 4.93. The Morgan fingerprint density at radius 2 is 1.59 bits per heavy atom. The van der Waals surface area contributed by atoms with Crippen LogP contribution in [0.5, 0.6) is 0 Å². The van der Waals surface area contributed by atoms with Gasteiger partial charge < -0.3 is 4.43 Å². The highest BCUT2D eigenvalue weighted by Crippen LogP contribution is 2.38. The summed E-state index contributed by atoms with van der Waals surface area (Å²) < 4.78 is 31.3. The molecule has 0 fully saturated rings. The van der Waals surface area contributed by atoms with Crippen LogP contribution < -0.4 is 0 Å². The van der Waals surface area contributed by atoms with Crippen LogP contribution in [-0.2, 0) is 14.3 Å². The molecule has 0 unspecified atom stereocenters. The fourth-order valence-corrected chi connectivity index (χ4v) is 5.21. The van der Waals surface area contributed by atoms with E-state index in [1.165, 1.54) is 0 Å². The molecule has 1 rings (SSSR count). The second-order valence-corrected chi connectivity index (χ2v) is 14.4. The Morgan fingerprint density at radius 3 is 2.05 bits per heavy atom. The van der Waals surface area contributed by atoms with Gasteiger partial charge in [0.2, 0.25) is 0 Å². The van der Waals surface area contributed by atoms with Gasteiger partial charge in [-0.15, -0.1) is 0 Å². The van der Waals surface area contributed by atoms with E-state index in [-0.39, 0.29) is 22.8 Å².